The van der Waals surface area contributed by atoms with Gasteiger partial charge in [-0.25, -0.2) is 4.79 Å². The summed E-state index contributed by atoms with van der Waals surface area (Å²) >= 11 is 0. The number of fused-ring (bicyclic) bond motifs is 1. The molecule has 0 aliphatic carbocycles. The van der Waals surface area contributed by atoms with Gasteiger partial charge in [-0.05, 0) is 43.2 Å². The van der Waals surface area contributed by atoms with Gasteiger partial charge in [0.25, 0.3) is 5.91 Å². The molecule has 4 N–H and O–H groups in total. The van der Waals surface area contributed by atoms with Crippen molar-refractivity contribution in [3.63, 3.8) is 0 Å². The van der Waals surface area contributed by atoms with Crippen LogP contribution in [0.5, 0.6) is 11.5 Å². The lowest BCUT2D eigenvalue weighted by Gasteiger charge is -2.25. The van der Waals surface area contributed by atoms with E-state index in [1.54, 1.807) is 25.1 Å². The van der Waals surface area contributed by atoms with Gasteiger partial charge in [-0.1, -0.05) is 24.3 Å². The van der Waals surface area contributed by atoms with Gasteiger partial charge < -0.3 is 25.8 Å². The van der Waals surface area contributed by atoms with E-state index >= 15 is 0 Å². The summed E-state index contributed by atoms with van der Waals surface area (Å²) in [5, 5.41) is 5.87. The van der Waals surface area contributed by atoms with Crippen molar-refractivity contribution >= 4 is 29.5 Å². The molecule has 34 heavy (non-hydrogen) atoms. The van der Waals surface area contributed by atoms with Crippen molar-refractivity contribution in [3.05, 3.63) is 59.4 Å². The van der Waals surface area contributed by atoms with Crippen molar-refractivity contribution < 1.29 is 19.1 Å². The fourth-order valence-corrected chi connectivity index (χ4v) is 3.93. The first-order valence-corrected chi connectivity index (χ1v) is 10.7. The summed E-state index contributed by atoms with van der Waals surface area (Å²) in [5.41, 5.74) is 6.96. The first-order chi connectivity index (χ1) is 16.3. The van der Waals surface area contributed by atoms with E-state index in [1.165, 1.54) is 0 Å². The molecular formula is C23H23N7O4. The first kappa shape index (κ1) is 21.4. The molecule has 3 aromatic rings. The van der Waals surface area contributed by atoms with E-state index in [9.17, 15) is 9.59 Å². The topological polar surface area (TPSA) is 145 Å². The number of imide groups is 1. The number of hydrogen-bond acceptors (Lipinski definition) is 9. The molecular weight excluding hydrogens is 438 g/mol. The Kier molecular flexibility index (Phi) is 5.16. The van der Waals surface area contributed by atoms with Crippen LogP contribution in [0.1, 0.15) is 23.9 Å². The zero-order valence-electron chi connectivity index (χ0n) is 18.7. The Labute approximate surface area is 195 Å². The van der Waals surface area contributed by atoms with Gasteiger partial charge in [-0.2, -0.15) is 15.0 Å². The number of anilines is 3. The average molecular weight is 461 g/mol. The Hall–Kier alpha value is -4.41. The van der Waals surface area contributed by atoms with Gasteiger partial charge in [0.2, 0.25) is 11.9 Å². The average Bonchev–Trinajstić information content (AvgIpc) is 3.04. The highest BCUT2D eigenvalue weighted by molar-refractivity contribution is 6.07. The summed E-state index contributed by atoms with van der Waals surface area (Å²) in [5.74, 6) is 1.06. The zero-order valence-corrected chi connectivity index (χ0v) is 18.7. The molecule has 2 aliphatic rings. The number of nitrogen functional groups attached to an aromatic ring is 1. The summed E-state index contributed by atoms with van der Waals surface area (Å²) in [6.45, 7) is 4.30. The minimum absolute atomic E-state index is 0.0252. The number of para-hydroxylation sites is 1. The van der Waals surface area contributed by atoms with Gasteiger partial charge in [0, 0.05) is 5.69 Å². The van der Waals surface area contributed by atoms with E-state index < -0.39 is 17.5 Å². The third-order valence-corrected chi connectivity index (χ3v) is 5.78. The Morgan fingerprint density at radius 3 is 2.65 bits per heavy atom. The number of amides is 3. The molecule has 0 saturated carbocycles. The number of benzene rings is 2. The second kappa shape index (κ2) is 8.18. The van der Waals surface area contributed by atoms with Crippen LogP contribution >= 0.6 is 0 Å². The van der Waals surface area contributed by atoms with E-state index in [0.29, 0.717) is 30.3 Å². The Balaban J connectivity index is 1.39. The highest BCUT2D eigenvalue weighted by Gasteiger charge is 2.49. The molecule has 2 aliphatic heterocycles. The van der Waals surface area contributed by atoms with Crippen LogP contribution in [-0.2, 0) is 16.9 Å². The Morgan fingerprint density at radius 2 is 1.85 bits per heavy atom. The van der Waals surface area contributed by atoms with Crippen molar-refractivity contribution in [3.8, 4) is 11.5 Å². The zero-order chi connectivity index (χ0) is 23.9. The van der Waals surface area contributed by atoms with Gasteiger partial charge in [0.15, 0.2) is 17.3 Å². The maximum Gasteiger partial charge on any atom is 0.325 e. The van der Waals surface area contributed by atoms with Crippen molar-refractivity contribution in [1.29, 1.82) is 0 Å². The monoisotopic (exact) mass is 461 g/mol. The third-order valence-electron chi connectivity index (χ3n) is 5.78. The van der Waals surface area contributed by atoms with Crippen LogP contribution in [0.3, 0.4) is 0 Å². The highest BCUT2D eigenvalue weighted by Crippen LogP contribution is 2.37. The Bertz CT molecular complexity index is 1300. The predicted molar refractivity (Wildman–Crippen MR) is 123 cm³/mol. The summed E-state index contributed by atoms with van der Waals surface area (Å²) < 4.78 is 11.2. The lowest BCUT2D eigenvalue weighted by atomic mass is 9.91. The lowest BCUT2D eigenvalue weighted by molar-refractivity contribution is -0.131. The summed E-state index contributed by atoms with van der Waals surface area (Å²) in [6.07, 6.45) is 0. The second-order valence-corrected chi connectivity index (χ2v) is 8.18. The molecule has 11 heteroatoms. The maximum absolute atomic E-state index is 13.4. The van der Waals surface area contributed by atoms with Crippen LogP contribution in [0.25, 0.3) is 0 Å². The van der Waals surface area contributed by atoms with Crippen LogP contribution < -0.4 is 25.8 Å². The smallest absolute Gasteiger partial charge is 0.325 e. The number of carbonyl (C=O) groups is 2. The number of nitrogens with one attached hydrogen (secondary N) is 2. The molecule has 2 aromatic carbocycles. The van der Waals surface area contributed by atoms with Crippen LogP contribution in [0.4, 0.5) is 22.4 Å². The number of nitrogens with two attached hydrogens (primary N) is 1. The fraction of sp³-hybridized carbons (Fsp3) is 0.261. The number of hydrogen-bond donors (Lipinski definition) is 3. The van der Waals surface area contributed by atoms with Crippen molar-refractivity contribution in [2.45, 2.75) is 25.9 Å². The van der Waals surface area contributed by atoms with Gasteiger partial charge in [-0.15, -0.1) is 0 Å². The van der Waals surface area contributed by atoms with E-state index in [4.69, 9.17) is 15.2 Å². The van der Waals surface area contributed by atoms with Gasteiger partial charge in [-0.3, -0.25) is 9.69 Å². The third kappa shape index (κ3) is 3.81. The van der Waals surface area contributed by atoms with Crippen LogP contribution in [-0.4, -0.2) is 45.0 Å². The molecule has 174 valence electrons. The van der Waals surface area contributed by atoms with E-state index in [1.807, 2.05) is 31.2 Å². The van der Waals surface area contributed by atoms with Crippen LogP contribution in [0.2, 0.25) is 0 Å². The number of aryl methyl sites for hydroxylation is 1. The molecule has 0 bridgehead atoms. The molecule has 1 aromatic heterocycles. The minimum Gasteiger partial charge on any atom is -0.486 e. The largest absolute Gasteiger partial charge is 0.486 e. The normalized spacial score (nSPS) is 19.2. The van der Waals surface area contributed by atoms with E-state index in [0.717, 1.165) is 16.2 Å². The molecule has 0 radical (unpaired) electrons. The first-order valence-electron chi connectivity index (χ1n) is 10.7. The van der Waals surface area contributed by atoms with Gasteiger partial charge >= 0.3 is 6.03 Å². The molecule has 11 nitrogen and oxygen atoms in total. The Morgan fingerprint density at radius 1 is 1.09 bits per heavy atom. The summed E-state index contributed by atoms with van der Waals surface area (Å²) in [4.78, 5) is 39.8. The quantitative estimate of drug-likeness (QED) is 0.487. The maximum atomic E-state index is 13.4. The molecule has 1 atom stereocenters. The van der Waals surface area contributed by atoms with Gasteiger partial charge in [0.05, 0.1) is 6.54 Å². The van der Waals surface area contributed by atoms with E-state index in [2.05, 4.69) is 25.6 Å². The van der Waals surface area contributed by atoms with Crippen molar-refractivity contribution in [2.24, 2.45) is 0 Å². The molecule has 1 saturated heterocycles. The summed E-state index contributed by atoms with van der Waals surface area (Å²) in [7, 11) is 0. The molecule has 5 rings (SSSR count). The second-order valence-electron chi connectivity index (χ2n) is 8.18. The molecule has 0 spiro atoms. The number of carbonyl (C=O) groups excluding carboxylic acids is 2. The fourth-order valence-electron chi connectivity index (χ4n) is 3.93. The number of rotatable bonds is 5. The van der Waals surface area contributed by atoms with Crippen LogP contribution in [0, 0.1) is 6.92 Å². The van der Waals surface area contributed by atoms with Crippen LogP contribution in [0.15, 0.2) is 42.5 Å². The minimum atomic E-state index is -1.28. The molecule has 3 amide bonds. The predicted octanol–water partition coefficient (Wildman–Crippen LogP) is 2.24. The lowest BCUT2D eigenvalue weighted by Crippen LogP contribution is -2.41. The highest BCUT2D eigenvalue weighted by atomic mass is 16.6. The molecule has 1 fully saturated rings. The van der Waals surface area contributed by atoms with Crippen molar-refractivity contribution in [2.75, 3.05) is 24.3 Å². The number of nitrogens with zero attached hydrogens (tertiary/aromatic N) is 4. The number of ether oxygens (including phenoxy) is 2. The molecule has 0 unspecified atom stereocenters. The summed E-state index contributed by atoms with van der Waals surface area (Å²) in [6, 6.07) is 12.2. The standard InChI is InChI=1S/C23H23N7O4/c1-13-5-3-4-6-15(13)25-21-27-18(26-20(24)28-21)12-30-19(31)23(2,29-22(30)32)14-7-8-16-17(11-14)34-10-9-33-16/h3-8,11H,9-10,12H2,1-2H3,(H,29,32)(H3,24,25,26,27,28)/t23-/m0/s1. The van der Waals surface area contributed by atoms with E-state index in [-0.39, 0.29) is 24.3 Å². The molecule has 3 heterocycles. The number of aromatic nitrogens is 3. The SMILES string of the molecule is Cc1ccccc1Nc1nc(N)nc(CN2C(=O)N[C@@](C)(c3ccc4c(c3)OCCO4)C2=O)n1. The van der Waals surface area contributed by atoms with Crippen molar-refractivity contribution in [1.82, 2.24) is 25.2 Å². The van der Waals surface area contributed by atoms with Gasteiger partial charge in [0.1, 0.15) is 18.8 Å². The number of urea groups is 1.